The number of benzene rings is 3. The lowest BCUT2D eigenvalue weighted by molar-refractivity contribution is 0.282. The summed E-state index contributed by atoms with van der Waals surface area (Å²) in [6, 6.07) is 19.0. The van der Waals surface area contributed by atoms with Crippen molar-refractivity contribution in [2.24, 2.45) is 0 Å². The maximum Gasteiger partial charge on any atom is 0.203 e. The van der Waals surface area contributed by atoms with Crippen molar-refractivity contribution in [3.05, 3.63) is 66.2 Å². The summed E-state index contributed by atoms with van der Waals surface area (Å²) in [4.78, 5) is 9.54. The first-order chi connectivity index (χ1) is 15.2. The van der Waals surface area contributed by atoms with Crippen LogP contribution in [-0.4, -0.2) is 36.4 Å². The van der Waals surface area contributed by atoms with Crippen LogP contribution in [0.2, 0.25) is 0 Å². The van der Waals surface area contributed by atoms with Gasteiger partial charge in [-0.15, -0.1) is 0 Å². The standard InChI is InChI=1S/C24H23N3O4/c1-29-20-12-16(13-21(30-2)22(20)31-3)23-26-19-7-5-4-6-18(19)24(27-23)25-17-10-8-15(14-28)9-11-17/h4-13,28H,14H2,1-3H3,(H,25,26,27). The Kier molecular flexibility index (Phi) is 5.86. The molecule has 0 aliphatic heterocycles. The highest BCUT2D eigenvalue weighted by atomic mass is 16.5. The van der Waals surface area contributed by atoms with E-state index in [4.69, 9.17) is 24.2 Å². The Morgan fingerprint density at radius 1 is 0.839 bits per heavy atom. The van der Waals surface area contributed by atoms with Crippen molar-refractivity contribution in [3.63, 3.8) is 0 Å². The topological polar surface area (TPSA) is 85.7 Å². The number of fused-ring (bicyclic) bond motifs is 1. The van der Waals surface area contributed by atoms with Crippen LogP contribution >= 0.6 is 0 Å². The number of methoxy groups -OCH3 is 3. The fourth-order valence-corrected chi connectivity index (χ4v) is 3.34. The normalized spacial score (nSPS) is 10.7. The first kappa shape index (κ1) is 20.4. The van der Waals surface area contributed by atoms with Gasteiger partial charge in [-0.1, -0.05) is 24.3 Å². The molecule has 0 amide bonds. The van der Waals surface area contributed by atoms with Crippen LogP contribution in [0, 0.1) is 0 Å². The Morgan fingerprint density at radius 3 is 2.13 bits per heavy atom. The molecule has 0 spiro atoms. The monoisotopic (exact) mass is 417 g/mol. The Labute approximate surface area is 180 Å². The summed E-state index contributed by atoms with van der Waals surface area (Å²) >= 11 is 0. The fraction of sp³-hybridized carbons (Fsp3) is 0.167. The highest BCUT2D eigenvalue weighted by Gasteiger charge is 2.17. The van der Waals surface area contributed by atoms with E-state index in [0.717, 1.165) is 27.7 Å². The van der Waals surface area contributed by atoms with Gasteiger partial charge in [0, 0.05) is 16.6 Å². The molecule has 0 aliphatic rings. The van der Waals surface area contributed by atoms with Gasteiger partial charge < -0.3 is 24.6 Å². The van der Waals surface area contributed by atoms with Crippen molar-refractivity contribution in [2.75, 3.05) is 26.6 Å². The Bertz CT molecular complexity index is 1180. The van der Waals surface area contributed by atoms with Crippen LogP contribution < -0.4 is 19.5 Å². The number of nitrogens with zero attached hydrogens (tertiary/aromatic N) is 2. The quantitative estimate of drug-likeness (QED) is 0.456. The summed E-state index contributed by atoms with van der Waals surface area (Å²) in [5, 5.41) is 13.5. The molecule has 3 aromatic carbocycles. The van der Waals surface area contributed by atoms with E-state index in [1.807, 2.05) is 60.7 Å². The molecule has 0 fully saturated rings. The zero-order chi connectivity index (χ0) is 21.8. The highest BCUT2D eigenvalue weighted by Crippen LogP contribution is 2.41. The van der Waals surface area contributed by atoms with Crippen LogP contribution in [0.1, 0.15) is 5.56 Å². The largest absolute Gasteiger partial charge is 0.493 e. The van der Waals surface area contributed by atoms with E-state index in [0.29, 0.717) is 28.9 Å². The average molecular weight is 417 g/mol. The summed E-state index contributed by atoms with van der Waals surface area (Å²) in [5.41, 5.74) is 3.24. The molecule has 7 heteroatoms. The molecular weight excluding hydrogens is 394 g/mol. The van der Waals surface area contributed by atoms with Gasteiger partial charge in [0.05, 0.1) is 33.5 Å². The Balaban J connectivity index is 1.84. The van der Waals surface area contributed by atoms with E-state index < -0.39 is 0 Å². The number of ether oxygens (including phenoxy) is 3. The van der Waals surface area contributed by atoms with Gasteiger partial charge in [-0.25, -0.2) is 9.97 Å². The number of nitrogens with one attached hydrogen (secondary N) is 1. The number of hydrogen-bond acceptors (Lipinski definition) is 7. The van der Waals surface area contributed by atoms with Gasteiger partial charge >= 0.3 is 0 Å². The van der Waals surface area contributed by atoms with Crippen molar-refractivity contribution in [1.29, 1.82) is 0 Å². The Morgan fingerprint density at radius 2 is 1.52 bits per heavy atom. The second-order valence-electron chi connectivity index (χ2n) is 6.81. The van der Waals surface area contributed by atoms with E-state index in [-0.39, 0.29) is 6.61 Å². The van der Waals surface area contributed by atoms with Crippen LogP contribution in [-0.2, 0) is 6.61 Å². The van der Waals surface area contributed by atoms with E-state index in [2.05, 4.69) is 5.32 Å². The average Bonchev–Trinajstić information content (AvgIpc) is 2.83. The number of rotatable bonds is 7. The van der Waals surface area contributed by atoms with Crippen LogP contribution in [0.5, 0.6) is 17.2 Å². The van der Waals surface area contributed by atoms with Crippen molar-refractivity contribution in [3.8, 4) is 28.6 Å². The molecule has 0 saturated carbocycles. The minimum absolute atomic E-state index is 0.00199. The molecule has 0 radical (unpaired) electrons. The molecule has 0 unspecified atom stereocenters. The zero-order valence-corrected chi connectivity index (χ0v) is 17.5. The fourth-order valence-electron chi connectivity index (χ4n) is 3.34. The van der Waals surface area contributed by atoms with Gasteiger partial charge in [0.2, 0.25) is 5.75 Å². The molecule has 4 aromatic rings. The molecule has 0 saturated heterocycles. The SMILES string of the molecule is COc1cc(-c2nc(Nc3ccc(CO)cc3)c3ccccc3n2)cc(OC)c1OC. The second kappa shape index (κ2) is 8.89. The minimum Gasteiger partial charge on any atom is -0.493 e. The van der Waals surface area contributed by atoms with Gasteiger partial charge in [-0.05, 0) is 42.0 Å². The van der Waals surface area contributed by atoms with Crippen molar-refractivity contribution >= 4 is 22.4 Å². The first-order valence-corrected chi connectivity index (χ1v) is 9.70. The highest BCUT2D eigenvalue weighted by molar-refractivity contribution is 5.92. The number of hydrogen-bond donors (Lipinski definition) is 2. The second-order valence-corrected chi connectivity index (χ2v) is 6.81. The van der Waals surface area contributed by atoms with E-state index >= 15 is 0 Å². The summed E-state index contributed by atoms with van der Waals surface area (Å²) in [5.74, 6) is 2.76. The van der Waals surface area contributed by atoms with E-state index in [1.165, 1.54) is 0 Å². The van der Waals surface area contributed by atoms with Crippen LogP contribution in [0.4, 0.5) is 11.5 Å². The van der Waals surface area contributed by atoms with E-state index in [1.54, 1.807) is 21.3 Å². The third-order valence-electron chi connectivity index (χ3n) is 4.93. The predicted molar refractivity (Wildman–Crippen MR) is 120 cm³/mol. The van der Waals surface area contributed by atoms with Gasteiger partial charge in [0.25, 0.3) is 0 Å². The molecule has 0 bridgehead atoms. The predicted octanol–water partition coefficient (Wildman–Crippen LogP) is 4.56. The maximum absolute atomic E-state index is 9.27. The van der Waals surface area contributed by atoms with Crippen LogP contribution in [0.3, 0.4) is 0 Å². The number of aliphatic hydroxyl groups is 1. The number of anilines is 2. The number of para-hydroxylation sites is 1. The molecule has 0 aliphatic carbocycles. The first-order valence-electron chi connectivity index (χ1n) is 9.70. The van der Waals surface area contributed by atoms with Gasteiger partial charge in [-0.2, -0.15) is 0 Å². The van der Waals surface area contributed by atoms with Gasteiger partial charge in [-0.3, -0.25) is 0 Å². The third-order valence-corrected chi connectivity index (χ3v) is 4.93. The molecule has 1 aromatic heterocycles. The van der Waals surface area contributed by atoms with Crippen LogP contribution in [0.15, 0.2) is 60.7 Å². The number of aliphatic hydroxyl groups excluding tert-OH is 1. The minimum atomic E-state index is 0.00199. The number of aromatic nitrogens is 2. The smallest absolute Gasteiger partial charge is 0.203 e. The molecule has 31 heavy (non-hydrogen) atoms. The maximum atomic E-state index is 9.27. The van der Waals surface area contributed by atoms with Crippen molar-refractivity contribution in [2.45, 2.75) is 6.61 Å². The van der Waals surface area contributed by atoms with Crippen molar-refractivity contribution < 1.29 is 19.3 Å². The molecule has 4 rings (SSSR count). The molecule has 158 valence electrons. The summed E-state index contributed by atoms with van der Waals surface area (Å²) in [7, 11) is 4.72. The van der Waals surface area contributed by atoms with Gasteiger partial charge in [0.15, 0.2) is 17.3 Å². The Hall–Kier alpha value is -3.84. The molecule has 0 atom stereocenters. The lowest BCUT2D eigenvalue weighted by Crippen LogP contribution is -2.01. The summed E-state index contributed by atoms with van der Waals surface area (Å²) in [6.45, 7) is 0.00199. The van der Waals surface area contributed by atoms with Gasteiger partial charge in [0.1, 0.15) is 5.82 Å². The summed E-state index contributed by atoms with van der Waals surface area (Å²) in [6.07, 6.45) is 0. The third kappa shape index (κ3) is 4.08. The lowest BCUT2D eigenvalue weighted by atomic mass is 10.1. The molecule has 1 heterocycles. The molecule has 7 nitrogen and oxygen atoms in total. The molecular formula is C24H23N3O4. The summed E-state index contributed by atoms with van der Waals surface area (Å²) < 4.78 is 16.4. The van der Waals surface area contributed by atoms with Crippen LogP contribution in [0.25, 0.3) is 22.3 Å². The lowest BCUT2D eigenvalue weighted by Gasteiger charge is -2.15. The van der Waals surface area contributed by atoms with E-state index in [9.17, 15) is 5.11 Å². The van der Waals surface area contributed by atoms with Crippen molar-refractivity contribution in [1.82, 2.24) is 9.97 Å². The molecule has 2 N–H and O–H groups in total. The zero-order valence-electron chi connectivity index (χ0n) is 17.5.